The SMILES string of the molecule is O=C(O)c1ccc(NC(=O)c2ccc(Cl)cc2O)c(Br)c1. The number of aromatic hydroxyl groups is 1. The first-order valence-corrected chi connectivity index (χ1v) is 6.88. The maximum Gasteiger partial charge on any atom is 0.335 e. The maximum absolute atomic E-state index is 12.1. The lowest BCUT2D eigenvalue weighted by molar-refractivity contribution is 0.0696. The number of hydrogen-bond donors (Lipinski definition) is 3. The molecule has 0 heterocycles. The minimum atomic E-state index is -1.07. The molecule has 0 saturated carbocycles. The number of phenols is 1. The van der Waals surface area contributed by atoms with Gasteiger partial charge in [-0.25, -0.2) is 4.79 Å². The van der Waals surface area contributed by atoms with Crippen molar-refractivity contribution in [3.63, 3.8) is 0 Å². The highest BCUT2D eigenvalue weighted by Gasteiger charge is 2.14. The van der Waals surface area contributed by atoms with Crippen LogP contribution in [0.3, 0.4) is 0 Å². The molecule has 0 aliphatic carbocycles. The van der Waals surface area contributed by atoms with Crippen molar-refractivity contribution in [1.82, 2.24) is 0 Å². The minimum Gasteiger partial charge on any atom is -0.507 e. The number of carboxylic acids is 1. The van der Waals surface area contributed by atoms with Gasteiger partial charge in [0.25, 0.3) is 5.91 Å². The third kappa shape index (κ3) is 3.53. The van der Waals surface area contributed by atoms with E-state index in [4.69, 9.17) is 16.7 Å². The summed E-state index contributed by atoms with van der Waals surface area (Å²) in [5.74, 6) is -1.84. The number of halogens is 2. The molecular weight excluding hydrogens is 362 g/mol. The molecule has 108 valence electrons. The third-order valence-corrected chi connectivity index (χ3v) is 3.56. The van der Waals surface area contributed by atoms with E-state index in [0.29, 0.717) is 15.2 Å². The van der Waals surface area contributed by atoms with Crippen molar-refractivity contribution in [2.24, 2.45) is 0 Å². The molecule has 2 aromatic rings. The van der Waals surface area contributed by atoms with Crippen LogP contribution >= 0.6 is 27.5 Å². The number of aromatic carboxylic acids is 1. The van der Waals surface area contributed by atoms with Crippen molar-refractivity contribution in [3.8, 4) is 5.75 Å². The second-order valence-electron chi connectivity index (χ2n) is 4.12. The van der Waals surface area contributed by atoms with Crippen LogP contribution in [0, 0.1) is 0 Å². The molecule has 0 aromatic heterocycles. The van der Waals surface area contributed by atoms with E-state index in [1.165, 1.54) is 36.4 Å². The van der Waals surface area contributed by atoms with Gasteiger partial charge in [0, 0.05) is 9.50 Å². The molecule has 0 spiro atoms. The molecule has 0 radical (unpaired) electrons. The van der Waals surface area contributed by atoms with Crippen molar-refractivity contribution in [2.45, 2.75) is 0 Å². The molecule has 7 heteroatoms. The Kier molecular flexibility index (Phi) is 4.50. The molecule has 0 bridgehead atoms. The van der Waals surface area contributed by atoms with E-state index in [9.17, 15) is 14.7 Å². The standard InChI is InChI=1S/C14H9BrClNO4/c15-10-5-7(14(20)21)1-4-11(10)17-13(19)9-3-2-8(16)6-12(9)18/h1-6,18H,(H,17,19)(H,20,21). The molecule has 0 unspecified atom stereocenters. The molecule has 0 atom stereocenters. The van der Waals surface area contributed by atoms with Crippen LogP contribution in [0.5, 0.6) is 5.75 Å². The summed E-state index contributed by atoms with van der Waals surface area (Å²) < 4.78 is 0.421. The van der Waals surface area contributed by atoms with Crippen LogP contribution < -0.4 is 5.32 Å². The van der Waals surface area contributed by atoms with E-state index in [1.54, 1.807) is 0 Å². The highest BCUT2D eigenvalue weighted by molar-refractivity contribution is 9.10. The van der Waals surface area contributed by atoms with E-state index in [-0.39, 0.29) is 16.9 Å². The van der Waals surface area contributed by atoms with Gasteiger partial charge >= 0.3 is 5.97 Å². The highest BCUT2D eigenvalue weighted by Crippen LogP contribution is 2.27. The van der Waals surface area contributed by atoms with E-state index in [2.05, 4.69) is 21.2 Å². The minimum absolute atomic E-state index is 0.0635. The molecule has 1 amide bonds. The quantitative estimate of drug-likeness (QED) is 0.768. The fourth-order valence-corrected chi connectivity index (χ4v) is 2.28. The van der Waals surface area contributed by atoms with Gasteiger partial charge in [0.15, 0.2) is 0 Å². The number of carbonyl (C=O) groups is 2. The fourth-order valence-electron chi connectivity index (χ4n) is 1.64. The molecule has 0 aliphatic rings. The van der Waals surface area contributed by atoms with Crippen LogP contribution in [0.1, 0.15) is 20.7 Å². The fraction of sp³-hybridized carbons (Fsp3) is 0. The van der Waals surface area contributed by atoms with Crippen LogP contribution in [-0.4, -0.2) is 22.1 Å². The normalized spacial score (nSPS) is 10.2. The molecule has 3 N–H and O–H groups in total. The van der Waals surface area contributed by atoms with Gasteiger partial charge in [0.05, 0.1) is 16.8 Å². The lowest BCUT2D eigenvalue weighted by atomic mass is 10.1. The van der Waals surface area contributed by atoms with Gasteiger partial charge in [-0.15, -0.1) is 0 Å². The number of benzene rings is 2. The van der Waals surface area contributed by atoms with Crippen molar-refractivity contribution >= 4 is 45.1 Å². The highest BCUT2D eigenvalue weighted by atomic mass is 79.9. The summed E-state index contributed by atoms with van der Waals surface area (Å²) in [6, 6.07) is 8.34. The van der Waals surface area contributed by atoms with E-state index < -0.39 is 11.9 Å². The third-order valence-electron chi connectivity index (χ3n) is 2.67. The summed E-state index contributed by atoms with van der Waals surface area (Å²) in [6.07, 6.45) is 0. The van der Waals surface area contributed by atoms with Gasteiger partial charge in [-0.1, -0.05) is 11.6 Å². The predicted molar refractivity (Wildman–Crippen MR) is 82.2 cm³/mol. The first kappa shape index (κ1) is 15.3. The average molecular weight is 371 g/mol. The first-order valence-electron chi connectivity index (χ1n) is 5.71. The Morgan fingerprint density at radius 3 is 2.43 bits per heavy atom. The molecular formula is C14H9BrClNO4. The van der Waals surface area contributed by atoms with E-state index >= 15 is 0 Å². The Balaban J connectivity index is 2.25. The smallest absolute Gasteiger partial charge is 0.335 e. The summed E-state index contributed by atoms with van der Waals surface area (Å²) >= 11 is 8.88. The molecule has 0 saturated heterocycles. The molecule has 0 aliphatic heterocycles. The van der Waals surface area contributed by atoms with Crippen LogP contribution in [0.2, 0.25) is 5.02 Å². The predicted octanol–water partition coefficient (Wildman–Crippen LogP) is 3.76. The molecule has 21 heavy (non-hydrogen) atoms. The summed E-state index contributed by atoms with van der Waals surface area (Å²) in [6.45, 7) is 0. The zero-order valence-electron chi connectivity index (χ0n) is 10.4. The maximum atomic E-state index is 12.1. The Morgan fingerprint density at radius 1 is 1.14 bits per heavy atom. The van der Waals surface area contributed by atoms with Gasteiger partial charge in [0.2, 0.25) is 0 Å². The monoisotopic (exact) mass is 369 g/mol. The number of rotatable bonds is 3. The zero-order chi connectivity index (χ0) is 15.6. The lowest BCUT2D eigenvalue weighted by Crippen LogP contribution is -2.12. The van der Waals surface area contributed by atoms with Crippen molar-refractivity contribution in [2.75, 3.05) is 5.32 Å². The number of carbonyl (C=O) groups excluding carboxylic acids is 1. The Bertz CT molecular complexity index is 733. The topological polar surface area (TPSA) is 86.6 Å². The number of amides is 1. The summed E-state index contributed by atoms with van der Waals surface area (Å²) in [7, 11) is 0. The summed E-state index contributed by atoms with van der Waals surface area (Å²) in [5, 5.41) is 21.4. The van der Waals surface area contributed by atoms with Gasteiger partial charge in [0.1, 0.15) is 5.75 Å². The number of nitrogens with one attached hydrogen (secondary N) is 1. The molecule has 2 aromatic carbocycles. The van der Waals surface area contributed by atoms with Crippen LogP contribution in [0.4, 0.5) is 5.69 Å². The Hall–Kier alpha value is -2.05. The summed E-state index contributed by atoms with van der Waals surface area (Å²) in [5.41, 5.74) is 0.544. The van der Waals surface area contributed by atoms with Gasteiger partial charge in [-0.2, -0.15) is 0 Å². The Morgan fingerprint density at radius 2 is 1.86 bits per heavy atom. The number of phenolic OH excluding ortho intramolecular Hbond substituents is 1. The van der Waals surface area contributed by atoms with Crippen molar-refractivity contribution < 1.29 is 19.8 Å². The second kappa shape index (κ2) is 6.15. The van der Waals surface area contributed by atoms with Gasteiger partial charge in [-0.3, -0.25) is 4.79 Å². The van der Waals surface area contributed by atoms with Crippen LogP contribution in [0.15, 0.2) is 40.9 Å². The molecule has 0 fully saturated rings. The van der Waals surface area contributed by atoms with E-state index in [0.717, 1.165) is 0 Å². The zero-order valence-corrected chi connectivity index (χ0v) is 12.8. The first-order chi connectivity index (χ1) is 9.88. The summed E-state index contributed by atoms with van der Waals surface area (Å²) in [4.78, 5) is 22.9. The number of carboxylic acid groups (broad SMARTS) is 1. The van der Waals surface area contributed by atoms with Crippen molar-refractivity contribution in [3.05, 3.63) is 57.0 Å². The molecule has 5 nitrogen and oxygen atoms in total. The van der Waals surface area contributed by atoms with Crippen LogP contribution in [-0.2, 0) is 0 Å². The lowest BCUT2D eigenvalue weighted by Gasteiger charge is -2.09. The van der Waals surface area contributed by atoms with Crippen molar-refractivity contribution in [1.29, 1.82) is 0 Å². The number of anilines is 1. The van der Waals surface area contributed by atoms with E-state index in [1.807, 2.05) is 0 Å². The van der Waals surface area contributed by atoms with Crippen LogP contribution in [0.25, 0.3) is 0 Å². The second-order valence-corrected chi connectivity index (χ2v) is 5.41. The number of hydrogen-bond acceptors (Lipinski definition) is 3. The Labute approximate surface area is 133 Å². The average Bonchev–Trinajstić information content (AvgIpc) is 2.40. The largest absolute Gasteiger partial charge is 0.507 e. The van der Waals surface area contributed by atoms with Gasteiger partial charge < -0.3 is 15.5 Å². The molecule has 2 rings (SSSR count). The van der Waals surface area contributed by atoms with Gasteiger partial charge in [-0.05, 0) is 52.3 Å².